The van der Waals surface area contributed by atoms with Gasteiger partial charge in [-0.2, -0.15) is 0 Å². The lowest BCUT2D eigenvalue weighted by Gasteiger charge is -2.31. The normalized spacial score (nSPS) is 16.3. The Bertz CT molecular complexity index is 1410. The van der Waals surface area contributed by atoms with E-state index in [1.165, 1.54) is 33.8 Å². The molecular formula is C30H31N3O3S. The summed E-state index contributed by atoms with van der Waals surface area (Å²) in [6.45, 7) is 3.16. The first kappa shape index (κ1) is 23.7. The molecular weight excluding hydrogens is 482 g/mol. The van der Waals surface area contributed by atoms with E-state index in [9.17, 15) is 4.79 Å². The highest BCUT2D eigenvalue weighted by Gasteiger charge is 2.36. The fraction of sp³-hybridized carbons (Fsp3) is 0.300. The lowest BCUT2D eigenvalue weighted by molar-refractivity contribution is 0.194. The highest BCUT2D eigenvalue weighted by molar-refractivity contribution is 7.15. The maximum atomic E-state index is 14.0. The van der Waals surface area contributed by atoms with E-state index in [0.717, 1.165) is 41.3 Å². The van der Waals surface area contributed by atoms with Crippen LogP contribution in [0.5, 0.6) is 11.5 Å². The van der Waals surface area contributed by atoms with E-state index in [1.807, 2.05) is 59.6 Å². The standard InChI is InChI=1S/C30H31N3O3S/c1-3-36-23-14-10-20(11-15-23)28-26-8-6-18-32(26)29-25(24-7-4-5-9-27(24)37-29)19-33(28)30(34)31-21-12-16-22(35-2)17-13-21/h6,8,10-18,28H,3-5,7,9,19H2,1-2H3,(H,31,34). The second-order valence-electron chi connectivity index (χ2n) is 9.49. The second kappa shape index (κ2) is 9.98. The van der Waals surface area contributed by atoms with Crippen molar-refractivity contribution in [3.05, 3.63) is 94.1 Å². The van der Waals surface area contributed by atoms with Crippen LogP contribution < -0.4 is 14.8 Å². The number of fused-ring (bicyclic) bond motifs is 5. The molecule has 6 rings (SSSR count). The van der Waals surface area contributed by atoms with Gasteiger partial charge >= 0.3 is 6.03 Å². The minimum absolute atomic E-state index is 0.125. The van der Waals surface area contributed by atoms with E-state index in [1.54, 1.807) is 7.11 Å². The molecule has 2 aromatic heterocycles. The van der Waals surface area contributed by atoms with Gasteiger partial charge in [0.2, 0.25) is 0 Å². The summed E-state index contributed by atoms with van der Waals surface area (Å²) >= 11 is 1.90. The van der Waals surface area contributed by atoms with E-state index in [2.05, 4.69) is 40.3 Å². The Labute approximate surface area is 221 Å². The molecule has 0 saturated heterocycles. The van der Waals surface area contributed by atoms with Gasteiger partial charge in [-0.25, -0.2) is 4.79 Å². The van der Waals surface area contributed by atoms with E-state index in [0.29, 0.717) is 13.2 Å². The summed E-state index contributed by atoms with van der Waals surface area (Å²) in [7, 11) is 1.64. The van der Waals surface area contributed by atoms with Crippen molar-refractivity contribution in [3.63, 3.8) is 0 Å². The predicted molar refractivity (Wildman–Crippen MR) is 147 cm³/mol. The Morgan fingerprint density at radius 1 is 1.00 bits per heavy atom. The van der Waals surface area contributed by atoms with Gasteiger partial charge in [0, 0.05) is 22.3 Å². The first-order valence-electron chi connectivity index (χ1n) is 12.9. The van der Waals surface area contributed by atoms with E-state index in [-0.39, 0.29) is 12.1 Å². The van der Waals surface area contributed by atoms with Crippen LogP contribution in [0.15, 0.2) is 66.9 Å². The molecule has 1 aliphatic carbocycles. The Morgan fingerprint density at radius 2 is 1.76 bits per heavy atom. The summed E-state index contributed by atoms with van der Waals surface area (Å²) < 4.78 is 13.3. The summed E-state index contributed by atoms with van der Waals surface area (Å²) in [5.41, 5.74) is 5.61. The first-order valence-corrected chi connectivity index (χ1v) is 13.7. The lowest BCUT2D eigenvalue weighted by atomic mass is 9.95. The third-order valence-electron chi connectivity index (χ3n) is 7.29. The lowest BCUT2D eigenvalue weighted by Crippen LogP contribution is -2.38. The van der Waals surface area contributed by atoms with Crippen molar-refractivity contribution in [1.29, 1.82) is 0 Å². The van der Waals surface area contributed by atoms with Crippen molar-refractivity contribution in [2.45, 2.75) is 45.2 Å². The van der Waals surface area contributed by atoms with Crippen molar-refractivity contribution in [2.75, 3.05) is 19.0 Å². The summed E-state index contributed by atoms with van der Waals surface area (Å²) in [6.07, 6.45) is 6.79. The van der Waals surface area contributed by atoms with Gasteiger partial charge < -0.3 is 24.3 Å². The number of hydrogen-bond acceptors (Lipinski definition) is 4. The number of benzene rings is 2. The fourth-order valence-electron chi connectivity index (χ4n) is 5.52. The minimum Gasteiger partial charge on any atom is -0.497 e. The molecule has 1 N–H and O–H groups in total. The SMILES string of the molecule is CCOc1ccc(C2c3cccn3-c3sc4c(c3CN2C(=O)Nc2ccc(OC)cc2)CCCC4)cc1. The van der Waals surface area contributed by atoms with Crippen molar-refractivity contribution in [2.24, 2.45) is 0 Å². The summed E-state index contributed by atoms with van der Waals surface area (Å²) in [6, 6.07) is 19.5. The molecule has 1 aliphatic heterocycles. The Balaban J connectivity index is 1.44. The quantitative estimate of drug-likeness (QED) is 0.314. The zero-order chi connectivity index (χ0) is 25.4. The van der Waals surface area contributed by atoms with Crippen LogP contribution in [0.3, 0.4) is 0 Å². The number of hydrogen-bond donors (Lipinski definition) is 1. The number of ether oxygens (including phenoxy) is 2. The molecule has 4 aromatic rings. The monoisotopic (exact) mass is 513 g/mol. The molecule has 6 nitrogen and oxygen atoms in total. The third-order valence-corrected chi connectivity index (χ3v) is 8.62. The number of thiophene rings is 1. The molecule has 2 amide bonds. The number of amides is 2. The van der Waals surface area contributed by atoms with Crippen LogP contribution in [0, 0.1) is 0 Å². The van der Waals surface area contributed by atoms with Crippen molar-refractivity contribution < 1.29 is 14.3 Å². The highest BCUT2D eigenvalue weighted by Crippen LogP contribution is 2.44. The number of aromatic nitrogens is 1. The Morgan fingerprint density at radius 3 is 2.51 bits per heavy atom. The van der Waals surface area contributed by atoms with Crippen molar-refractivity contribution in [3.8, 4) is 16.5 Å². The highest BCUT2D eigenvalue weighted by atomic mass is 32.1. The van der Waals surface area contributed by atoms with Crippen molar-refractivity contribution in [1.82, 2.24) is 9.47 Å². The van der Waals surface area contributed by atoms with Gasteiger partial charge in [-0.3, -0.25) is 0 Å². The number of anilines is 1. The molecule has 0 radical (unpaired) electrons. The van der Waals surface area contributed by atoms with Crippen LogP contribution in [0.1, 0.15) is 53.1 Å². The van der Waals surface area contributed by atoms with Gasteiger partial charge in [-0.1, -0.05) is 12.1 Å². The van der Waals surface area contributed by atoms with Gasteiger partial charge in [0.15, 0.2) is 0 Å². The largest absolute Gasteiger partial charge is 0.497 e. The smallest absolute Gasteiger partial charge is 0.322 e. The van der Waals surface area contributed by atoms with Gasteiger partial charge in [-0.15, -0.1) is 11.3 Å². The molecule has 0 spiro atoms. The number of nitrogens with one attached hydrogen (secondary N) is 1. The first-order chi connectivity index (χ1) is 18.2. The Kier molecular flexibility index (Phi) is 6.38. The fourth-order valence-corrected chi connectivity index (χ4v) is 6.92. The van der Waals surface area contributed by atoms with Crippen LogP contribution in [-0.2, 0) is 19.4 Å². The summed E-state index contributed by atoms with van der Waals surface area (Å²) in [5.74, 6) is 1.59. The van der Waals surface area contributed by atoms with Crippen LogP contribution >= 0.6 is 11.3 Å². The number of urea groups is 1. The number of nitrogens with zero attached hydrogens (tertiary/aromatic N) is 2. The van der Waals surface area contributed by atoms with E-state index < -0.39 is 0 Å². The zero-order valence-electron chi connectivity index (χ0n) is 21.2. The zero-order valence-corrected chi connectivity index (χ0v) is 22.0. The molecule has 2 aromatic carbocycles. The number of aryl methyl sites for hydroxylation is 1. The minimum atomic E-state index is -0.247. The topological polar surface area (TPSA) is 55.7 Å². The average Bonchev–Trinajstić information content (AvgIpc) is 3.52. The Hall–Kier alpha value is -3.71. The van der Waals surface area contributed by atoms with Crippen LogP contribution in [-0.4, -0.2) is 29.2 Å². The number of methoxy groups -OCH3 is 1. The molecule has 37 heavy (non-hydrogen) atoms. The van der Waals surface area contributed by atoms with Crippen molar-refractivity contribution >= 4 is 23.1 Å². The summed E-state index contributed by atoms with van der Waals surface area (Å²) in [4.78, 5) is 17.5. The average molecular weight is 514 g/mol. The van der Waals surface area contributed by atoms with Crippen LogP contribution in [0.4, 0.5) is 10.5 Å². The van der Waals surface area contributed by atoms with E-state index >= 15 is 0 Å². The van der Waals surface area contributed by atoms with E-state index in [4.69, 9.17) is 9.47 Å². The van der Waals surface area contributed by atoms with Gasteiger partial charge in [0.25, 0.3) is 0 Å². The molecule has 0 fully saturated rings. The molecule has 2 aliphatic rings. The maximum absolute atomic E-state index is 14.0. The molecule has 0 saturated carbocycles. The molecule has 7 heteroatoms. The molecule has 1 unspecified atom stereocenters. The van der Waals surface area contributed by atoms with Crippen LogP contribution in [0.2, 0.25) is 0 Å². The number of rotatable bonds is 5. The van der Waals surface area contributed by atoms with Gasteiger partial charge in [0.1, 0.15) is 16.5 Å². The summed E-state index contributed by atoms with van der Waals surface area (Å²) in [5, 5.41) is 4.40. The third kappa shape index (κ3) is 4.37. The molecule has 1 atom stereocenters. The number of carbonyl (C=O) groups is 1. The predicted octanol–water partition coefficient (Wildman–Crippen LogP) is 6.96. The number of carbonyl (C=O) groups excluding carboxylic acids is 1. The second-order valence-corrected chi connectivity index (χ2v) is 10.6. The molecule has 190 valence electrons. The van der Waals surface area contributed by atoms with Crippen LogP contribution in [0.25, 0.3) is 5.00 Å². The van der Waals surface area contributed by atoms with Gasteiger partial charge in [-0.05, 0) is 92.3 Å². The molecule has 3 heterocycles. The van der Waals surface area contributed by atoms with Gasteiger partial charge in [0.05, 0.1) is 32.0 Å². The maximum Gasteiger partial charge on any atom is 0.322 e. The molecule has 0 bridgehead atoms.